The first-order valence-corrected chi connectivity index (χ1v) is 7.12. The lowest BCUT2D eigenvalue weighted by molar-refractivity contribution is -0.137. The smallest absolute Gasteiger partial charge is 0.393 e. The zero-order chi connectivity index (χ0) is 17.0. The predicted octanol–water partition coefficient (Wildman–Crippen LogP) is 2.96. The minimum atomic E-state index is -4.37. The first kappa shape index (κ1) is 17.4. The molecule has 1 N–H and O–H groups in total. The highest BCUT2D eigenvalue weighted by atomic mass is 19.4. The lowest BCUT2D eigenvalue weighted by Crippen LogP contribution is -2.22. The zero-order valence-electron chi connectivity index (χ0n) is 12.8. The molecule has 2 rings (SSSR count). The van der Waals surface area contributed by atoms with Crippen molar-refractivity contribution < 1.29 is 22.8 Å². The maximum Gasteiger partial charge on any atom is 0.416 e. The second-order valence-electron chi connectivity index (χ2n) is 5.46. The molecular formula is C15H18F3N3O2. The van der Waals surface area contributed by atoms with E-state index < -0.39 is 11.7 Å². The molecular weight excluding hydrogens is 311 g/mol. The molecule has 1 heterocycles. The molecule has 0 saturated heterocycles. The Labute approximate surface area is 131 Å². The van der Waals surface area contributed by atoms with E-state index in [0.29, 0.717) is 31.0 Å². The SMILES string of the molecule is CC(O)CCN(C)Cc1nc(-c2ccc(C(F)(F)F)cc2)no1. The summed E-state index contributed by atoms with van der Waals surface area (Å²) in [6.07, 6.45) is -4.13. The predicted molar refractivity (Wildman–Crippen MR) is 77.4 cm³/mol. The van der Waals surface area contributed by atoms with Gasteiger partial charge in [-0.15, -0.1) is 0 Å². The summed E-state index contributed by atoms with van der Waals surface area (Å²) in [5.74, 6) is 0.616. The van der Waals surface area contributed by atoms with Gasteiger partial charge in [0.1, 0.15) is 0 Å². The summed E-state index contributed by atoms with van der Waals surface area (Å²) in [6, 6.07) is 4.60. The van der Waals surface area contributed by atoms with Crippen LogP contribution in [0.4, 0.5) is 13.2 Å². The number of hydrogen-bond acceptors (Lipinski definition) is 5. The third kappa shape index (κ3) is 5.04. The molecule has 0 radical (unpaired) electrons. The zero-order valence-corrected chi connectivity index (χ0v) is 12.8. The summed E-state index contributed by atoms with van der Waals surface area (Å²) in [4.78, 5) is 6.09. The number of nitrogens with zero attached hydrogens (tertiary/aromatic N) is 3. The number of hydrogen-bond donors (Lipinski definition) is 1. The third-order valence-electron chi connectivity index (χ3n) is 3.27. The van der Waals surface area contributed by atoms with Crippen molar-refractivity contribution in [2.45, 2.75) is 32.2 Å². The number of aliphatic hydroxyl groups is 1. The van der Waals surface area contributed by atoms with Crippen LogP contribution in [0.15, 0.2) is 28.8 Å². The van der Waals surface area contributed by atoms with Crippen LogP contribution in [-0.4, -0.2) is 39.8 Å². The average molecular weight is 329 g/mol. The van der Waals surface area contributed by atoms with Crippen molar-refractivity contribution in [1.82, 2.24) is 15.0 Å². The van der Waals surface area contributed by atoms with E-state index in [1.807, 2.05) is 11.9 Å². The number of rotatable bonds is 6. The summed E-state index contributed by atoms with van der Waals surface area (Å²) in [5, 5.41) is 13.0. The van der Waals surface area contributed by atoms with Crippen molar-refractivity contribution in [3.05, 3.63) is 35.7 Å². The Hall–Kier alpha value is -1.93. The maximum absolute atomic E-state index is 12.5. The highest BCUT2D eigenvalue weighted by Gasteiger charge is 2.30. The van der Waals surface area contributed by atoms with Gasteiger partial charge in [-0.1, -0.05) is 17.3 Å². The first-order chi connectivity index (χ1) is 10.8. The third-order valence-corrected chi connectivity index (χ3v) is 3.27. The standard InChI is InChI=1S/C15H18F3N3O2/c1-10(22)7-8-21(2)9-13-19-14(20-23-13)11-3-5-12(6-4-11)15(16,17)18/h3-6,10,22H,7-9H2,1-2H3. The highest BCUT2D eigenvalue weighted by Crippen LogP contribution is 2.30. The highest BCUT2D eigenvalue weighted by molar-refractivity contribution is 5.54. The molecule has 0 fully saturated rings. The molecule has 5 nitrogen and oxygen atoms in total. The van der Waals surface area contributed by atoms with Gasteiger partial charge in [-0.05, 0) is 32.5 Å². The van der Waals surface area contributed by atoms with Gasteiger partial charge in [0, 0.05) is 12.1 Å². The number of aliphatic hydroxyl groups excluding tert-OH is 1. The molecule has 0 bridgehead atoms. The molecule has 23 heavy (non-hydrogen) atoms. The molecule has 1 atom stereocenters. The molecule has 0 saturated carbocycles. The lowest BCUT2D eigenvalue weighted by atomic mass is 10.1. The van der Waals surface area contributed by atoms with Crippen LogP contribution in [0.1, 0.15) is 24.8 Å². The average Bonchev–Trinajstić information content (AvgIpc) is 2.93. The van der Waals surface area contributed by atoms with E-state index in [9.17, 15) is 18.3 Å². The van der Waals surface area contributed by atoms with Gasteiger partial charge in [0.2, 0.25) is 11.7 Å². The van der Waals surface area contributed by atoms with Crippen LogP contribution in [0.25, 0.3) is 11.4 Å². The van der Waals surface area contributed by atoms with Crippen LogP contribution in [-0.2, 0) is 12.7 Å². The largest absolute Gasteiger partial charge is 0.416 e. The summed E-state index contributed by atoms with van der Waals surface area (Å²) in [6.45, 7) is 2.78. The van der Waals surface area contributed by atoms with Crippen LogP contribution >= 0.6 is 0 Å². The van der Waals surface area contributed by atoms with E-state index in [-0.39, 0.29) is 11.9 Å². The van der Waals surface area contributed by atoms with E-state index in [0.717, 1.165) is 12.1 Å². The monoisotopic (exact) mass is 329 g/mol. The fourth-order valence-electron chi connectivity index (χ4n) is 1.96. The molecule has 0 spiro atoms. The van der Waals surface area contributed by atoms with E-state index >= 15 is 0 Å². The molecule has 2 aromatic rings. The lowest BCUT2D eigenvalue weighted by Gasteiger charge is -2.14. The fourth-order valence-corrected chi connectivity index (χ4v) is 1.96. The van der Waals surface area contributed by atoms with Gasteiger partial charge in [-0.25, -0.2) is 0 Å². The van der Waals surface area contributed by atoms with Crippen LogP contribution < -0.4 is 0 Å². The molecule has 126 valence electrons. The van der Waals surface area contributed by atoms with E-state index in [4.69, 9.17) is 4.52 Å². The molecule has 0 aliphatic carbocycles. The minimum absolute atomic E-state index is 0.248. The second kappa shape index (κ2) is 7.10. The Bertz CT molecular complexity index is 624. The van der Waals surface area contributed by atoms with Crippen LogP contribution in [0.3, 0.4) is 0 Å². The Morgan fingerprint density at radius 3 is 2.48 bits per heavy atom. The summed E-state index contributed by atoms with van der Waals surface area (Å²) in [7, 11) is 1.85. The Morgan fingerprint density at radius 1 is 1.26 bits per heavy atom. The van der Waals surface area contributed by atoms with Crippen LogP contribution in [0.2, 0.25) is 0 Å². The molecule has 8 heteroatoms. The number of alkyl halides is 3. The van der Waals surface area contributed by atoms with Crippen molar-refractivity contribution in [3.8, 4) is 11.4 Å². The van der Waals surface area contributed by atoms with E-state index in [1.165, 1.54) is 12.1 Å². The van der Waals surface area contributed by atoms with Crippen molar-refractivity contribution in [2.24, 2.45) is 0 Å². The van der Waals surface area contributed by atoms with Gasteiger partial charge in [0.25, 0.3) is 0 Å². The van der Waals surface area contributed by atoms with Gasteiger partial charge in [-0.3, -0.25) is 4.90 Å². The normalized spacial score (nSPS) is 13.5. The molecule has 0 aliphatic heterocycles. The van der Waals surface area contributed by atoms with Gasteiger partial charge >= 0.3 is 6.18 Å². The fraction of sp³-hybridized carbons (Fsp3) is 0.467. The van der Waals surface area contributed by atoms with Crippen molar-refractivity contribution >= 4 is 0 Å². The Balaban J connectivity index is 2.01. The summed E-state index contributed by atoms with van der Waals surface area (Å²) in [5.41, 5.74) is -0.262. The molecule has 1 aromatic heterocycles. The van der Waals surface area contributed by atoms with Gasteiger partial charge in [0.15, 0.2) is 0 Å². The van der Waals surface area contributed by atoms with Crippen LogP contribution in [0, 0.1) is 0 Å². The number of halogens is 3. The summed E-state index contributed by atoms with van der Waals surface area (Å²) < 4.78 is 42.7. The van der Waals surface area contributed by atoms with E-state index in [1.54, 1.807) is 6.92 Å². The first-order valence-electron chi connectivity index (χ1n) is 7.12. The minimum Gasteiger partial charge on any atom is -0.393 e. The van der Waals surface area contributed by atoms with E-state index in [2.05, 4.69) is 10.1 Å². The quantitative estimate of drug-likeness (QED) is 0.883. The summed E-state index contributed by atoms with van der Waals surface area (Å²) >= 11 is 0. The van der Waals surface area contributed by atoms with Crippen molar-refractivity contribution in [2.75, 3.05) is 13.6 Å². The second-order valence-corrected chi connectivity index (χ2v) is 5.46. The molecule has 0 amide bonds. The van der Waals surface area contributed by atoms with Gasteiger partial charge in [0.05, 0.1) is 18.2 Å². The van der Waals surface area contributed by atoms with Gasteiger partial charge in [-0.2, -0.15) is 18.2 Å². The van der Waals surface area contributed by atoms with Gasteiger partial charge < -0.3 is 9.63 Å². The van der Waals surface area contributed by atoms with Crippen LogP contribution in [0.5, 0.6) is 0 Å². The van der Waals surface area contributed by atoms with Crippen molar-refractivity contribution in [3.63, 3.8) is 0 Å². The Kier molecular flexibility index (Phi) is 5.38. The number of aromatic nitrogens is 2. The topological polar surface area (TPSA) is 62.4 Å². The maximum atomic E-state index is 12.5. The Morgan fingerprint density at radius 2 is 1.91 bits per heavy atom. The number of benzene rings is 1. The van der Waals surface area contributed by atoms with Crippen molar-refractivity contribution in [1.29, 1.82) is 0 Å². The molecule has 0 aliphatic rings. The molecule has 1 unspecified atom stereocenters. The molecule has 1 aromatic carbocycles.